The van der Waals surface area contributed by atoms with E-state index in [-0.39, 0.29) is 17.9 Å². The molecule has 8 nitrogen and oxygen atoms in total. The van der Waals surface area contributed by atoms with E-state index in [1.54, 1.807) is 11.8 Å². The van der Waals surface area contributed by atoms with Crippen LogP contribution in [0, 0.1) is 11.8 Å². The first kappa shape index (κ1) is 19.1. The highest BCUT2D eigenvalue weighted by atomic mass is 19.4. The number of hydrogen-bond donors (Lipinski definition) is 2. The standard InChI is InChI=1S/C16H18F3N5O3/c1-2-3-8-23-12-11(4-5-21-13(12)25)24(27-14(26)16(17,18)19)15(23)22-9-6-20-7-10-22/h4-5,15,20H,6-10H2,1H3,(H,21,25). The van der Waals surface area contributed by atoms with Crippen LogP contribution >= 0.6 is 0 Å². The number of H-pyrrole nitrogens is 1. The molecular weight excluding hydrogens is 367 g/mol. The number of alkyl halides is 3. The zero-order valence-corrected chi connectivity index (χ0v) is 14.5. The third kappa shape index (κ3) is 3.72. The van der Waals surface area contributed by atoms with E-state index in [1.807, 2.05) is 4.90 Å². The summed E-state index contributed by atoms with van der Waals surface area (Å²) in [6.07, 6.45) is -4.77. The van der Waals surface area contributed by atoms with Gasteiger partial charge in [0.15, 0.2) is 6.29 Å². The molecule has 3 rings (SSSR count). The Morgan fingerprint density at radius 3 is 2.70 bits per heavy atom. The Morgan fingerprint density at radius 1 is 1.37 bits per heavy atom. The Labute approximate surface area is 152 Å². The Hall–Kier alpha value is -2.71. The fourth-order valence-electron chi connectivity index (χ4n) is 3.10. The number of hydrogen-bond acceptors (Lipinski definition) is 7. The maximum atomic E-state index is 12.8. The lowest BCUT2D eigenvalue weighted by Crippen LogP contribution is -2.61. The van der Waals surface area contributed by atoms with Gasteiger partial charge in [-0.3, -0.25) is 9.69 Å². The lowest BCUT2D eigenvalue weighted by atomic mass is 10.3. The highest BCUT2D eigenvalue weighted by molar-refractivity contribution is 5.81. The Kier molecular flexibility index (Phi) is 5.29. The van der Waals surface area contributed by atoms with Crippen molar-refractivity contribution in [2.45, 2.75) is 19.4 Å². The van der Waals surface area contributed by atoms with Gasteiger partial charge < -0.3 is 20.0 Å². The van der Waals surface area contributed by atoms with E-state index in [2.05, 4.69) is 22.1 Å². The quantitative estimate of drug-likeness (QED) is 0.722. The molecule has 0 bridgehead atoms. The van der Waals surface area contributed by atoms with Crippen molar-refractivity contribution in [1.29, 1.82) is 0 Å². The lowest BCUT2D eigenvalue weighted by Gasteiger charge is -2.40. The first-order chi connectivity index (χ1) is 12.8. The van der Waals surface area contributed by atoms with Gasteiger partial charge in [0, 0.05) is 32.4 Å². The fraction of sp³-hybridized carbons (Fsp3) is 0.500. The van der Waals surface area contributed by atoms with Gasteiger partial charge in [0.1, 0.15) is 11.4 Å². The van der Waals surface area contributed by atoms with E-state index in [4.69, 9.17) is 4.84 Å². The van der Waals surface area contributed by atoms with E-state index >= 15 is 0 Å². The van der Waals surface area contributed by atoms with Crippen LogP contribution < -0.4 is 20.8 Å². The van der Waals surface area contributed by atoms with Gasteiger partial charge in [0.05, 0.1) is 6.54 Å². The summed E-state index contributed by atoms with van der Waals surface area (Å²) < 4.78 is 38.4. The molecule has 3 heterocycles. The van der Waals surface area contributed by atoms with Gasteiger partial charge >= 0.3 is 12.1 Å². The number of hydroxylamine groups is 1. The summed E-state index contributed by atoms with van der Waals surface area (Å²) in [4.78, 5) is 34.5. The molecule has 0 spiro atoms. The van der Waals surface area contributed by atoms with Crippen molar-refractivity contribution in [2.24, 2.45) is 0 Å². The van der Waals surface area contributed by atoms with Crippen LogP contribution in [-0.2, 0) is 9.63 Å². The van der Waals surface area contributed by atoms with E-state index in [1.165, 1.54) is 12.3 Å². The highest BCUT2D eigenvalue weighted by Crippen LogP contribution is 2.38. The van der Waals surface area contributed by atoms with Crippen LogP contribution in [0.4, 0.5) is 24.5 Å². The summed E-state index contributed by atoms with van der Waals surface area (Å²) in [6, 6.07) is 1.40. The minimum atomic E-state index is -5.16. The van der Waals surface area contributed by atoms with Crippen molar-refractivity contribution >= 4 is 17.3 Å². The molecule has 0 aliphatic carbocycles. The zero-order chi connectivity index (χ0) is 19.6. The van der Waals surface area contributed by atoms with Crippen molar-refractivity contribution in [2.75, 3.05) is 42.7 Å². The van der Waals surface area contributed by atoms with Crippen molar-refractivity contribution in [1.82, 2.24) is 15.2 Å². The largest absolute Gasteiger partial charge is 0.493 e. The number of rotatable bonds is 3. The molecule has 0 saturated carbocycles. The summed E-state index contributed by atoms with van der Waals surface area (Å²) in [6.45, 7) is 3.91. The maximum absolute atomic E-state index is 12.8. The fourth-order valence-corrected chi connectivity index (χ4v) is 3.10. The third-order valence-electron chi connectivity index (χ3n) is 4.24. The van der Waals surface area contributed by atoms with Gasteiger partial charge in [-0.1, -0.05) is 5.92 Å². The predicted octanol–water partition coefficient (Wildman–Crippen LogP) is 0.234. The predicted molar refractivity (Wildman–Crippen MR) is 90.7 cm³/mol. The minimum absolute atomic E-state index is 0.0813. The molecule has 0 amide bonds. The van der Waals surface area contributed by atoms with Crippen molar-refractivity contribution in [3.63, 3.8) is 0 Å². The van der Waals surface area contributed by atoms with Gasteiger partial charge in [0.2, 0.25) is 0 Å². The third-order valence-corrected chi connectivity index (χ3v) is 4.24. The SMILES string of the molecule is CC#CCN1c2c(cc[nH]c2=O)N(OC(=O)C(F)(F)F)C1N1CCNCC1. The first-order valence-corrected chi connectivity index (χ1v) is 8.25. The number of aromatic nitrogens is 1. The Bertz CT molecular complexity index is 823. The lowest BCUT2D eigenvalue weighted by molar-refractivity contribution is -0.203. The van der Waals surface area contributed by atoms with E-state index in [0.29, 0.717) is 26.2 Å². The molecule has 0 aromatic carbocycles. The van der Waals surface area contributed by atoms with Crippen LogP contribution in [-0.4, -0.2) is 61.0 Å². The van der Waals surface area contributed by atoms with E-state index < -0.39 is 24.0 Å². The average molecular weight is 385 g/mol. The number of aromatic amines is 1. The van der Waals surface area contributed by atoms with Crippen molar-refractivity contribution in [3.8, 4) is 11.8 Å². The molecule has 1 fully saturated rings. The summed E-state index contributed by atoms with van der Waals surface area (Å²) >= 11 is 0. The van der Waals surface area contributed by atoms with Crippen LogP contribution in [0.5, 0.6) is 0 Å². The van der Waals surface area contributed by atoms with E-state index in [0.717, 1.165) is 5.06 Å². The number of anilines is 2. The molecule has 1 aromatic rings. The second-order valence-corrected chi connectivity index (χ2v) is 5.93. The van der Waals surface area contributed by atoms with Gasteiger partial charge in [-0.05, 0) is 13.0 Å². The average Bonchev–Trinajstić information content (AvgIpc) is 2.94. The number of carbonyl (C=O) groups excluding carboxylic acids is 1. The summed E-state index contributed by atoms with van der Waals surface area (Å²) in [7, 11) is 0. The number of nitrogens with zero attached hydrogens (tertiary/aromatic N) is 3. The van der Waals surface area contributed by atoms with Gasteiger partial charge in [-0.15, -0.1) is 5.92 Å². The van der Waals surface area contributed by atoms with Gasteiger partial charge in [0.25, 0.3) is 5.56 Å². The highest BCUT2D eigenvalue weighted by Gasteiger charge is 2.49. The zero-order valence-electron chi connectivity index (χ0n) is 14.5. The smallest absolute Gasteiger partial charge is 0.329 e. The number of halogens is 3. The normalized spacial score (nSPS) is 20.1. The van der Waals surface area contributed by atoms with Gasteiger partial charge in [-0.2, -0.15) is 18.2 Å². The van der Waals surface area contributed by atoms with Crippen molar-refractivity contribution < 1.29 is 22.8 Å². The Balaban J connectivity index is 2.05. The Morgan fingerprint density at radius 2 is 2.07 bits per heavy atom. The maximum Gasteiger partial charge on any atom is 0.493 e. The topological polar surface area (TPSA) is 80.9 Å². The molecule has 2 aliphatic rings. The summed E-state index contributed by atoms with van der Waals surface area (Å²) in [5, 5.41) is 4.00. The number of carbonyl (C=O) groups is 1. The number of nitrogens with one attached hydrogen (secondary N) is 2. The molecule has 1 aromatic heterocycles. The molecule has 1 unspecified atom stereocenters. The molecule has 146 valence electrons. The van der Waals surface area contributed by atoms with Crippen LogP contribution in [0.3, 0.4) is 0 Å². The van der Waals surface area contributed by atoms with Gasteiger partial charge in [-0.25, -0.2) is 4.79 Å². The van der Waals surface area contributed by atoms with Crippen LogP contribution in [0.2, 0.25) is 0 Å². The molecule has 2 N–H and O–H groups in total. The summed E-state index contributed by atoms with van der Waals surface area (Å²) in [5.41, 5.74) is -0.312. The monoisotopic (exact) mass is 385 g/mol. The molecule has 1 atom stereocenters. The van der Waals surface area contributed by atoms with Crippen LogP contribution in [0.15, 0.2) is 17.1 Å². The van der Waals surface area contributed by atoms with E-state index in [9.17, 15) is 22.8 Å². The first-order valence-electron chi connectivity index (χ1n) is 8.25. The summed E-state index contributed by atoms with van der Waals surface area (Å²) in [5.74, 6) is 3.18. The molecule has 27 heavy (non-hydrogen) atoms. The number of fused-ring (bicyclic) bond motifs is 1. The molecular formula is C16H18F3N5O3. The number of pyridine rings is 1. The molecule has 1 saturated heterocycles. The second-order valence-electron chi connectivity index (χ2n) is 5.93. The molecule has 0 radical (unpaired) electrons. The van der Waals surface area contributed by atoms with Crippen molar-refractivity contribution in [3.05, 3.63) is 22.6 Å². The minimum Gasteiger partial charge on any atom is -0.329 e. The van der Waals surface area contributed by atoms with Crippen LogP contribution in [0.25, 0.3) is 0 Å². The van der Waals surface area contributed by atoms with Crippen LogP contribution in [0.1, 0.15) is 6.92 Å². The molecule has 2 aliphatic heterocycles. The number of piperazine rings is 1. The second kappa shape index (κ2) is 7.50. The molecule has 11 heteroatoms.